The Hall–Kier alpha value is -4.27. The maximum absolute atomic E-state index is 14.9. The molecule has 0 aliphatic carbocycles. The Morgan fingerprint density at radius 3 is 2.49 bits per heavy atom. The number of rotatable bonds is 13. The van der Waals surface area contributed by atoms with Crippen molar-refractivity contribution in [1.82, 2.24) is 19.2 Å². The van der Waals surface area contributed by atoms with Crippen LogP contribution < -0.4 is 25.6 Å². The van der Waals surface area contributed by atoms with E-state index in [1.807, 2.05) is 30.9 Å². The van der Waals surface area contributed by atoms with Crippen LogP contribution in [-0.2, 0) is 14.8 Å². The number of nitrogens with zero attached hydrogens (tertiary/aromatic N) is 5. The quantitative estimate of drug-likeness (QED) is 0.243. The molecule has 43 heavy (non-hydrogen) atoms. The van der Waals surface area contributed by atoms with Gasteiger partial charge in [0, 0.05) is 39.3 Å². The predicted octanol–water partition coefficient (Wildman–Crippen LogP) is 4.02. The summed E-state index contributed by atoms with van der Waals surface area (Å²) in [6.45, 7) is 5.86. The van der Waals surface area contributed by atoms with Gasteiger partial charge in [0.15, 0.2) is 11.6 Å². The summed E-state index contributed by atoms with van der Waals surface area (Å²) in [5.74, 6) is -0.960. The molecular formula is C29H37FN8O4S. The average molecular weight is 613 g/mol. The van der Waals surface area contributed by atoms with Gasteiger partial charge >= 0.3 is 0 Å². The molecule has 3 N–H and O–H groups in total. The Labute approximate surface area is 251 Å². The summed E-state index contributed by atoms with van der Waals surface area (Å²) in [5, 5.41) is 8.69. The maximum Gasteiger partial charge on any atom is 0.247 e. The highest BCUT2D eigenvalue weighted by atomic mass is 32.2. The Morgan fingerprint density at radius 2 is 1.81 bits per heavy atom. The molecule has 12 nitrogen and oxygen atoms in total. The molecule has 0 radical (unpaired) electrons. The molecule has 3 aromatic rings. The first kappa shape index (κ1) is 31.7. The van der Waals surface area contributed by atoms with E-state index in [1.165, 1.54) is 23.6 Å². The molecule has 1 aromatic heterocycles. The van der Waals surface area contributed by atoms with E-state index in [-0.39, 0.29) is 22.3 Å². The van der Waals surface area contributed by atoms with Crippen molar-refractivity contribution in [2.24, 2.45) is 0 Å². The van der Waals surface area contributed by atoms with Crippen LogP contribution in [0.4, 0.5) is 38.9 Å². The van der Waals surface area contributed by atoms with Crippen LogP contribution in [0, 0.1) is 5.82 Å². The van der Waals surface area contributed by atoms with E-state index >= 15 is 0 Å². The van der Waals surface area contributed by atoms with Gasteiger partial charge in [0.2, 0.25) is 21.9 Å². The van der Waals surface area contributed by atoms with Crippen LogP contribution in [0.2, 0.25) is 0 Å². The first-order valence-electron chi connectivity index (χ1n) is 13.7. The molecule has 230 valence electrons. The number of ether oxygens (including phenoxy) is 1. The Bertz CT molecular complexity index is 1580. The molecule has 2 aromatic carbocycles. The fourth-order valence-electron chi connectivity index (χ4n) is 4.53. The summed E-state index contributed by atoms with van der Waals surface area (Å²) in [4.78, 5) is 24.7. The van der Waals surface area contributed by atoms with Gasteiger partial charge in [-0.2, -0.15) is 9.29 Å². The van der Waals surface area contributed by atoms with Crippen LogP contribution in [0.1, 0.15) is 12.8 Å². The van der Waals surface area contributed by atoms with E-state index in [1.54, 1.807) is 30.3 Å². The van der Waals surface area contributed by atoms with Crippen molar-refractivity contribution in [2.45, 2.75) is 17.7 Å². The number of sulfonamides is 1. The lowest BCUT2D eigenvalue weighted by Crippen LogP contribution is -2.29. The zero-order valence-electron chi connectivity index (χ0n) is 24.7. The molecule has 0 saturated carbocycles. The van der Waals surface area contributed by atoms with E-state index in [9.17, 15) is 17.6 Å². The number of amides is 1. The Kier molecular flexibility index (Phi) is 10.2. The van der Waals surface area contributed by atoms with Crippen LogP contribution in [-0.4, -0.2) is 87.9 Å². The Balaban J connectivity index is 1.66. The number of anilines is 6. The van der Waals surface area contributed by atoms with E-state index in [0.29, 0.717) is 42.4 Å². The monoisotopic (exact) mass is 612 g/mol. The van der Waals surface area contributed by atoms with Gasteiger partial charge in [-0.25, -0.2) is 17.8 Å². The molecule has 1 fully saturated rings. The highest BCUT2D eigenvalue weighted by molar-refractivity contribution is 7.89. The number of benzene rings is 2. The molecule has 2 heterocycles. The summed E-state index contributed by atoms with van der Waals surface area (Å²) in [5.41, 5.74) is 1.78. The highest BCUT2D eigenvalue weighted by Crippen LogP contribution is 2.38. The summed E-state index contributed by atoms with van der Waals surface area (Å²) >= 11 is 0. The molecule has 0 unspecified atom stereocenters. The van der Waals surface area contributed by atoms with Gasteiger partial charge in [-0.05, 0) is 51.2 Å². The van der Waals surface area contributed by atoms with Crippen molar-refractivity contribution in [2.75, 3.05) is 75.3 Å². The van der Waals surface area contributed by atoms with Crippen molar-refractivity contribution in [3.8, 4) is 5.75 Å². The third-order valence-electron chi connectivity index (χ3n) is 6.87. The number of para-hydroxylation sites is 1. The van der Waals surface area contributed by atoms with Gasteiger partial charge in [0.1, 0.15) is 10.6 Å². The average Bonchev–Trinajstić information content (AvgIpc) is 3.54. The molecule has 0 spiro atoms. The van der Waals surface area contributed by atoms with E-state index in [0.717, 1.165) is 25.6 Å². The maximum atomic E-state index is 14.9. The van der Waals surface area contributed by atoms with E-state index < -0.39 is 21.7 Å². The van der Waals surface area contributed by atoms with Crippen LogP contribution >= 0.6 is 0 Å². The SMILES string of the molecule is C=CC(=O)Nc1cc(Nc2ncc(F)c(Nc3ccccc3S(=O)(=O)N3CCCC3)n2)c(OC)cc1N(C)CCN(C)C. The van der Waals surface area contributed by atoms with Gasteiger partial charge in [0.25, 0.3) is 0 Å². The molecule has 1 saturated heterocycles. The number of hydrogen-bond acceptors (Lipinski definition) is 10. The first-order chi connectivity index (χ1) is 20.5. The second kappa shape index (κ2) is 13.8. The zero-order chi connectivity index (χ0) is 31.1. The van der Waals surface area contributed by atoms with E-state index in [2.05, 4.69) is 32.5 Å². The minimum absolute atomic E-state index is 0.0109. The minimum atomic E-state index is -3.78. The number of aromatic nitrogens is 2. The normalized spacial score (nSPS) is 13.5. The molecule has 0 atom stereocenters. The number of carbonyl (C=O) groups excluding carboxylic acids is 1. The number of carbonyl (C=O) groups is 1. The molecule has 1 aliphatic heterocycles. The molecule has 1 aliphatic rings. The number of likely N-dealkylation sites (N-methyl/N-ethyl adjacent to an activating group) is 2. The third kappa shape index (κ3) is 7.58. The smallest absolute Gasteiger partial charge is 0.247 e. The number of nitrogens with one attached hydrogen (secondary N) is 3. The number of methoxy groups -OCH3 is 1. The highest BCUT2D eigenvalue weighted by Gasteiger charge is 2.29. The number of halogens is 1. The zero-order valence-corrected chi connectivity index (χ0v) is 25.5. The van der Waals surface area contributed by atoms with Crippen LogP contribution in [0.3, 0.4) is 0 Å². The first-order valence-corrected chi connectivity index (χ1v) is 15.1. The fraction of sp³-hybridized carbons (Fsp3) is 0.345. The predicted molar refractivity (Wildman–Crippen MR) is 167 cm³/mol. The van der Waals surface area contributed by atoms with Crippen molar-refractivity contribution < 1.29 is 22.3 Å². The largest absolute Gasteiger partial charge is 0.494 e. The summed E-state index contributed by atoms with van der Waals surface area (Å²) in [6, 6.07) is 9.74. The van der Waals surface area contributed by atoms with Crippen molar-refractivity contribution >= 4 is 50.4 Å². The molecule has 0 bridgehead atoms. The topological polar surface area (TPSA) is 132 Å². The molecule has 1 amide bonds. The summed E-state index contributed by atoms with van der Waals surface area (Å²) in [7, 11) is 3.56. The van der Waals surface area contributed by atoms with Crippen LogP contribution in [0.15, 0.2) is 60.1 Å². The molecule has 4 rings (SSSR count). The lowest BCUT2D eigenvalue weighted by Gasteiger charge is -2.26. The van der Waals surface area contributed by atoms with Crippen LogP contribution in [0.5, 0.6) is 5.75 Å². The molecular weight excluding hydrogens is 575 g/mol. The van der Waals surface area contributed by atoms with Gasteiger partial charge < -0.3 is 30.5 Å². The van der Waals surface area contributed by atoms with E-state index in [4.69, 9.17) is 4.74 Å². The van der Waals surface area contributed by atoms with Crippen LogP contribution in [0.25, 0.3) is 0 Å². The Morgan fingerprint density at radius 1 is 1.09 bits per heavy atom. The van der Waals surface area contributed by atoms with Crippen molar-refractivity contribution in [3.63, 3.8) is 0 Å². The number of hydrogen-bond donors (Lipinski definition) is 3. The minimum Gasteiger partial charge on any atom is -0.494 e. The second-order valence-corrected chi connectivity index (χ2v) is 12.1. The standard InChI is InChI=1S/C29H37FN8O4S/c1-6-27(39)32-22-17-23(25(42-5)18-24(22)37(4)16-15-36(2)3)34-29-31-19-20(30)28(35-29)33-21-11-7-8-12-26(21)43(40,41)38-13-9-10-14-38/h6-8,11-12,17-19H,1,9-10,13-16H2,2-5H3,(H,32,39)(H2,31,33,34,35). The fourth-order valence-corrected chi connectivity index (χ4v) is 6.20. The van der Waals surface area contributed by atoms with Crippen molar-refractivity contribution in [1.29, 1.82) is 0 Å². The third-order valence-corrected chi connectivity index (χ3v) is 8.83. The summed E-state index contributed by atoms with van der Waals surface area (Å²) in [6.07, 6.45) is 3.73. The van der Waals surface area contributed by atoms with Gasteiger partial charge in [-0.1, -0.05) is 18.7 Å². The summed E-state index contributed by atoms with van der Waals surface area (Å²) < 4.78 is 48.5. The lowest BCUT2D eigenvalue weighted by atomic mass is 10.2. The van der Waals surface area contributed by atoms with Gasteiger partial charge in [-0.15, -0.1) is 0 Å². The van der Waals surface area contributed by atoms with Gasteiger partial charge in [0.05, 0.1) is 36.1 Å². The van der Waals surface area contributed by atoms with Gasteiger partial charge in [-0.3, -0.25) is 4.79 Å². The lowest BCUT2D eigenvalue weighted by molar-refractivity contribution is -0.111. The second-order valence-electron chi connectivity index (χ2n) is 10.2. The molecule has 14 heteroatoms. The van der Waals surface area contributed by atoms with Crippen molar-refractivity contribution in [3.05, 3.63) is 61.1 Å².